The number of nitrogens with one attached hydrogen (secondary N) is 2. The van der Waals surface area contributed by atoms with Crippen LogP contribution in [0, 0.1) is 0 Å². The summed E-state index contributed by atoms with van der Waals surface area (Å²) in [4.78, 5) is 35.3. The van der Waals surface area contributed by atoms with E-state index in [4.69, 9.17) is 4.74 Å². The van der Waals surface area contributed by atoms with Crippen LogP contribution in [-0.4, -0.2) is 38.5 Å². The third kappa shape index (κ3) is 5.34. The van der Waals surface area contributed by atoms with Gasteiger partial charge >= 0.3 is 17.8 Å². The molecule has 0 spiro atoms. The highest BCUT2D eigenvalue weighted by Crippen LogP contribution is 2.12. The van der Waals surface area contributed by atoms with Crippen LogP contribution in [0.25, 0.3) is 0 Å². The van der Waals surface area contributed by atoms with Gasteiger partial charge in [-0.2, -0.15) is 0 Å². The predicted molar refractivity (Wildman–Crippen MR) is 96.1 cm³/mol. The van der Waals surface area contributed by atoms with Crippen LogP contribution in [-0.2, 0) is 20.7 Å². The summed E-state index contributed by atoms with van der Waals surface area (Å²) in [5.74, 6) is -1.32. The van der Waals surface area contributed by atoms with Crippen molar-refractivity contribution in [3.8, 4) is 5.75 Å². The number of benzene rings is 2. The molecular weight excluding hydrogens is 336 g/mol. The molecule has 0 bridgehead atoms. The molecule has 0 unspecified atom stereocenters. The largest absolute Gasteiger partial charge is 0.497 e. The summed E-state index contributed by atoms with van der Waals surface area (Å²) in [6.45, 7) is 0.320. The standard InChI is InChI=1S/C19H20N2O5/c1-25-16-8-6-13(7-9-16)10-11-20-17(22)18(23)21-15-5-3-4-14(12-15)19(24)26-2/h3-9,12H,10-11H2,1-2H3,(H,20,22)(H,21,23). The van der Waals surface area contributed by atoms with E-state index in [-0.39, 0.29) is 5.56 Å². The number of hydrogen-bond donors (Lipinski definition) is 2. The van der Waals surface area contributed by atoms with Crippen molar-refractivity contribution in [1.82, 2.24) is 5.32 Å². The second-order valence-electron chi connectivity index (χ2n) is 5.38. The van der Waals surface area contributed by atoms with Crippen LogP contribution in [0.3, 0.4) is 0 Å². The number of amides is 2. The van der Waals surface area contributed by atoms with Crippen molar-refractivity contribution in [2.45, 2.75) is 6.42 Å². The van der Waals surface area contributed by atoms with Crippen LogP contribution in [0.5, 0.6) is 5.75 Å². The second-order valence-corrected chi connectivity index (χ2v) is 5.38. The van der Waals surface area contributed by atoms with E-state index in [9.17, 15) is 14.4 Å². The molecule has 0 aliphatic rings. The third-order valence-corrected chi connectivity index (χ3v) is 3.61. The smallest absolute Gasteiger partial charge is 0.337 e. The highest BCUT2D eigenvalue weighted by atomic mass is 16.5. The Hall–Kier alpha value is -3.35. The SMILES string of the molecule is COC(=O)c1cccc(NC(=O)C(=O)NCCc2ccc(OC)cc2)c1. The van der Waals surface area contributed by atoms with Crippen molar-refractivity contribution < 1.29 is 23.9 Å². The molecule has 2 rings (SSSR count). The molecule has 0 aliphatic heterocycles. The molecule has 7 nitrogen and oxygen atoms in total. The molecule has 2 aromatic rings. The third-order valence-electron chi connectivity index (χ3n) is 3.61. The first-order chi connectivity index (χ1) is 12.5. The van der Waals surface area contributed by atoms with Gasteiger partial charge in [0.25, 0.3) is 0 Å². The Balaban J connectivity index is 1.83. The van der Waals surface area contributed by atoms with Gasteiger partial charge in [0.15, 0.2) is 0 Å². The summed E-state index contributed by atoms with van der Waals surface area (Å²) in [5.41, 5.74) is 1.63. The number of esters is 1. The minimum atomic E-state index is -0.804. The molecule has 0 heterocycles. The number of carbonyl (C=O) groups is 3. The lowest BCUT2D eigenvalue weighted by Crippen LogP contribution is -2.36. The monoisotopic (exact) mass is 356 g/mol. The summed E-state index contributed by atoms with van der Waals surface area (Å²) in [6.07, 6.45) is 0.584. The van der Waals surface area contributed by atoms with Gasteiger partial charge in [-0.1, -0.05) is 18.2 Å². The lowest BCUT2D eigenvalue weighted by atomic mass is 10.1. The molecule has 0 saturated carbocycles. The Morgan fingerprint density at radius 3 is 2.35 bits per heavy atom. The van der Waals surface area contributed by atoms with Gasteiger partial charge in [0.05, 0.1) is 19.8 Å². The van der Waals surface area contributed by atoms with Crippen molar-refractivity contribution >= 4 is 23.5 Å². The maximum Gasteiger partial charge on any atom is 0.337 e. The first kappa shape index (κ1) is 19.0. The normalized spacial score (nSPS) is 9.92. The highest BCUT2D eigenvalue weighted by molar-refractivity contribution is 6.39. The first-order valence-electron chi connectivity index (χ1n) is 7.94. The van der Waals surface area contributed by atoms with E-state index in [0.29, 0.717) is 18.7 Å². The lowest BCUT2D eigenvalue weighted by molar-refractivity contribution is -0.136. The maximum absolute atomic E-state index is 11.9. The summed E-state index contributed by atoms with van der Waals surface area (Å²) >= 11 is 0. The maximum atomic E-state index is 11.9. The van der Waals surface area contributed by atoms with Gasteiger partial charge in [0, 0.05) is 12.2 Å². The molecule has 0 atom stereocenters. The first-order valence-corrected chi connectivity index (χ1v) is 7.94. The fourth-order valence-electron chi connectivity index (χ4n) is 2.22. The van der Waals surface area contributed by atoms with Gasteiger partial charge in [0.2, 0.25) is 0 Å². The van der Waals surface area contributed by atoms with Crippen LogP contribution in [0.1, 0.15) is 15.9 Å². The Bertz CT molecular complexity index is 787. The van der Waals surface area contributed by atoms with Gasteiger partial charge in [-0.15, -0.1) is 0 Å². The summed E-state index contributed by atoms with van der Waals surface area (Å²) in [5, 5.41) is 5.00. The minimum absolute atomic E-state index is 0.283. The van der Waals surface area contributed by atoms with Gasteiger partial charge in [0.1, 0.15) is 5.75 Å². The topological polar surface area (TPSA) is 93.7 Å². The van der Waals surface area contributed by atoms with Gasteiger partial charge in [-0.25, -0.2) is 4.79 Å². The fraction of sp³-hybridized carbons (Fsp3) is 0.211. The van der Waals surface area contributed by atoms with Gasteiger partial charge < -0.3 is 20.1 Å². The van der Waals surface area contributed by atoms with Crippen molar-refractivity contribution in [3.63, 3.8) is 0 Å². The molecular formula is C19H20N2O5. The molecule has 0 fully saturated rings. The minimum Gasteiger partial charge on any atom is -0.497 e. The summed E-state index contributed by atoms with van der Waals surface area (Å²) in [7, 11) is 2.86. The Labute approximate surface area is 151 Å². The molecule has 0 aliphatic carbocycles. The average molecular weight is 356 g/mol. The number of ether oxygens (including phenoxy) is 2. The quantitative estimate of drug-likeness (QED) is 0.608. The molecule has 7 heteroatoms. The molecule has 0 saturated heterocycles. The molecule has 136 valence electrons. The molecule has 0 radical (unpaired) electrons. The second kappa shape index (κ2) is 9.22. The van der Waals surface area contributed by atoms with E-state index in [0.717, 1.165) is 11.3 Å². The molecule has 0 aromatic heterocycles. The van der Waals surface area contributed by atoms with E-state index in [1.165, 1.54) is 13.2 Å². The number of carbonyl (C=O) groups excluding carboxylic acids is 3. The molecule has 26 heavy (non-hydrogen) atoms. The van der Waals surface area contributed by atoms with Crippen molar-refractivity contribution in [2.75, 3.05) is 26.1 Å². The number of hydrogen-bond acceptors (Lipinski definition) is 5. The van der Waals surface area contributed by atoms with Crippen LogP contribution < -0.4 is 15.4 Å². The van der Waals surface area contributed by atoms with Crippen LogP contribution in [0.2, 0.25) is 0 Å². The highest BCUT2D eigenvalue weighted by Gasteiger charge is 2.14. The zero-order valence-corrected chi connectivity index (χ0v) is 14.6. The molecule has 2 N–H and O–H groups in total. The van der Waals surface area contributed by atoms with E-state index in [1.807, 2.05) is 24.3 Å². The predicted octanol–water partition coefficient (Wildman–Crippen LogP) is 1.78. The number of methoxy groups -OCH3 is 2. The Kier molecular flexibility index (Phi) is 6.73. The number of rotatable bonds is 6. The van der Waals surface area contributed by atoms with E-state index in [2.05, 4.69) is 15.4 Å². The van der Waals surface area contributed by atoms with Crippen molar-refractivity contribution in [1.29, 1.82) is 0 Å². The van der Waals surface area contributed by atoms with Crippen LogP contribution >= 0.6 is 0 Å². The average Bonchev–Trinajstić information content (AvgIpc) is 2.68. The van der Waals surface area contributed by atoms with Crippen LogP contribution in [0.4, 0.5) is 5.69 Å². The zero-order chi connectivity index (χ0) is 18.9. The number of anilines is 1. The van der Waals surface area contributed by atoms with Crippen molar-refractivity contribution in [2.24, 2.45) is 0 Å². The molecule has 2 amide bonds. The fourth-order valence-corrected chi connectivity index (χ4v) is 2.22. The Morgan fingerprint density at radius 1 is 0.962 bits per heavy atom. The summed E-state index contributed by atoms with van der Waals surface area (Å²) < 4.78 is 9.69. The molecule has 2 aromatic carbocycles. The summed E-state index contributed by atoms with van der Waals surface area (Å²) in [6, 6.07) is 13.6. The van der Waals surface area contributed by atoms with Crippen molar-refractivity contribution in [3.05, 3.63) is 59.7 Å². The lowest BCUT2D eigenvalue weighted by Gasteiger charge is -2.08. The van der Waals surface area contributed by atoms with Gasteiger partial charge in [-0.3, -0.25) is 9.59 Å². The zero-order valence-electron chi connectivity index (χ0n) is 14.6. The van der Waals surface area contributed by atoms with Gasteiger partial charge in [-0.05, 0) is 42.3 Å². The van der Waals surface area contributed by atoms with E-state index < -0.39 is 17.8 Å². The van der Waals surface area contributed by atoms with E-state index in [1.54, 1.807) is 25.3 Å². The Morgan fingerprint density at radius 2 is 1.69 bits per heavy atom. The van der Waals surface area contributed by atoms with E-state index >= 15 is 0 Å². The van der Waals surface area contributed by atoms with Crippen LogP contribution in [0.15, 0.2) is 48.5 Å².